The Kier molecular flexibility index (Phi) is 3.63. The zero-order valence-corrected chi connectivity index (χ0v) is 12.6. The zero-order valence-electron chi connectivity index (χ0n) is 12.6. The molecule has 23 heavy (non-hydrogen) atoms. The fourth-order valence-electron chi connectivity index (χ4n) is 2.65. The zero-order chi connectivity index (χ0) is 15.8. The molecule has 1 amide bonds. The van der Waals surface area contributed by atoms with Gasteiger partial charge in [-0.3, -0.25) is 4.79 Å². The SMILES string of the molecule is O=C(Nc1cc2ccc(O[C@H]3COC[C@H]3O)cc2cn1)C1CC1. The minimum Gasteiger partial charge on any atom is -0.485 e. The molecule has 0 unspecified atom stereocenters. The predicted octanol–water partition coefficient (Wildman–Crippen LogP) is 1.72. The molecule has 6 nitrogen and oxygen atoms in total. The fraction of sp³-hybridized carbons (Fsp3) is 0.412. The second kappa shape index (κ2) is 5.79. The summed E-state index contributed by atoms with van der Waals surface area (Å²) < 4.78 is 10.9. The first kappa shape index (κ1) is 14.4. The van der Waals surface area contributed by atoms with E-state index >= 15 is 0 Å². The Balaban J connectivity index is 1.51. The number of ether oxygens (including phenoxy) is 2. The first-order valence-corrected chi connectivity index (χ1v) is 7.82. The van der Waals surface area contributed by atoms with Crippen LogP contribution in [-0.4, -0.2) is 41.4 Å². The summed E-state index contributed by atoms with van der Waals surface area (Å²) in [5, 5.41) is 14.5. The molecule has 0 bridgehead atoms. The van der Waals surface area contributed by atoms with Crippen LogP contribution >= 0.6 is 0 Å². The average Bonchev–Trinajstić information content (AvgIpc) is 3.32. The van der Waals surface area contributed by atoms with Crippen LogP contribution in [0.15, 0.2) is 30.5 Å². The number of pyridine rings is 1. The molecule has 2 aliphatic rings. The minimum atomic E-state index is -0.594. The van der Waals surface area contributed by atoms with E-state index in [0.29, 0.717) is 24.8 Å². The third-order valence-electron chi connectivity index (χ3n) is 4.18. The third-order valence-corrected chi connectivity index (χ3v) is 4.18. The van der Waals surface area contributed by atoms with Gasteiger partial charge in [0.15, 0.2) is 0 Å². The van der Waals surface area contributed by atoms with Crippen LogP contribution in [0.1, 0.15) is 12.8 Å². The van der Waals surface area contributed by atoms with Crippen LogP contribution in [0.3, 0.4) is 0 Å². The number of aliphatic hydroxyl groups is 1. The number of aliphatic hydroxyl groups excluding tert-OH is 1. The average molecular weight is 314 g/mol. The summed E-state index contributed by atoms with van der Waals surface area (Å²) in [6.07, 6.45) is 2.72. The van der Waals surface area contributed by atoms with E-state index in [1.165, 1.54) is 0 Å². The second-order valence-corrected chi connectivity index (χ2v) is 6.10. The number of hydrogen-bond donors (Lipinski definition) is 2. The maximum Gasteiger partial charge on any atom is 0.228 e. The molecule has 1 aromatic heterocycles. The van der Waals surface area contributed by atoms with Gasteiger partial charge in [0.25, 0.3) is 0 Å². The Morgan fingerprint density at radius 1 is 1.26 bits per heavy atom. The molecule has 2 atom stereocenters. The number of nitrogens with one attached hydrogen (secondary N) is 1. The van der Waals surface area contributed by atoms with Crippen molar-refractivity contribution in [1.82, 2.24) is 4.98 Å². The van der Waals surface area contributed by atoms with E-state index in [1.807, 2.05) is 24.3 Å². The van der Waals surface area contributed by atoms with E-state index in [0.717, 1.165) is 23.6 Å². The lowest BCUT2D eigenvalue weighted by Gasteiger charge is -2.15. The molecule has 1 aromatic carbocycles. The van der Waals surface area contributed by atoms with Crippen molar-refractivity contribution in [2.45, 2.75) is 25.0 Å². The predicted molar refractivity (Wildman–Crippen MR) is 84.3 cm³/mol. The molecular weight excluding hydrogens is 296 g/mol. The van der Waals surface area contributed by atoms with Crippen molar-refractivity contribution in [2.75, 3.05) is 18.5 Å². The van der Waals surface area contributed by atoms with Crippen LogP contribution in [0.5, 0.6) is 5.75 Å². The number of rotatable bonds is 4. The van der Waals surface area contributed by atoms with E-state index in [1.54, 1.807) is 6.20 Å². The van der Waals surface area contributed by atoms with E-state index in [4.69, 9.17) is 9.47 Å². The number of fused-ring (bicyclic) bond motifs is 1. The molecule has 2 fully saturated rings. The summed E-state index contributed by atoms with van der Waals surface area (Å²) in [5.74, 6) is 1.45. The van der Waals surface area contributed by atoms with Gasteiger partial charge in [-0.15, -0.1) is 0 Å². The summed E-state index contributed by atoms with van der Waals surface area (Å²) in [5.41, 5.74) is 0. The largest absolute Gasteiger partial charge is 0.485 e. The monoisotopic (exact) mass is 314 g/mol. The Bertz CT molecular complexity index is 744. The highest BCUT2D eigenvalue weighted by Gasteiger charge is 2.30. The second-order valence-electron chi connectivity index (χ2n) is 6.10. The topological polar surface area (TPSA) is 80.7 Å². The van der Waals surface area contributed by atoms with Crippen LogP contribution < -0.4 is 10.1 Å². The van der Waals surface area contributed by atoms with Crippen LogP contribution in [0.4, 0.5) is 5.82 Å². The first-order valence-electron chi connectivity index (χ1n) is 7.82. The molecule has 0 radical (unpaired) electrons. The normalized spacial score (nSPS) is 23.9. The minimum absolute atomic E-state index is 0.0482. The van der Waals surface area contributed by atoms with Gasteiger partial charge in [-0.25, -0.2) is 4.98 Å². The summed E-state index contributed by atoms with van der Waals surface area (Å²) in [6.45, 7) is 0.702. The number of hydrogen-bond acceptors (Lipinski definition) is 5. The lowest BCUT2D eigenvalue weighted by molar-refractivity contribution is -0.117. The molecule has 1 aliphatic heterocycles. The summed E-state index contributed by atoms with van der Waals surface area (Å²) in [6, 6.07) is 7.49. The number of aromatic nitrogens is 1. The van der Waals surface area contributed by atoms with Crippen LogP contribution in [0, 0.1) is 5.92 Å². The molecule has 2 N–H and O–H groups in total. The maximum atomic E-state index is 11.8. The van der Waals surface area contributed by atoms with Crippen molar-refractivity contribution in [3.63, 3.8) is 0 Å². The van der Waals surface area contributed by atoms with E-state index in [2.05, 4.69) is 10.3 Å². The third kappa shape index (κ3) is 3.13. The van der Waals surface area contributed by atoms with Crippen LogP contribution in [0.2, 0.25) is 0 Å². The van der Waals surface area contributed by atoms with Crippen LogP contribution in [-0.2, 0) is 9.53 Å². The number of carbonyl (C=O) groups is 1. The van der Waals surface area contributed by atoms with Gasteiger partial charge in [-0.05, 0) is 36.4 Å². The van der Waals surface area contributed by atoms with E-state index < -0.39 is 6.10 Å². The molecule has 1 aliphatic carbocycles. The molecule has 4 rings (SSSR count). The Morgan fingerprint density at radius 3 is 2.87 bits per heavy atom. The van der Waals surface area contributed by atoms with Gasteiger partial charge in [0.2, 0.25) is 5.91 Å². The van der Waals surface area contributed by atoms with Crippen LogP contribution in [0.25, 0.3) is 10.8 Å². The molecular formula is C17H18N2O4. The molecule has 1 saturated heterocycles. The molecule has 120 valence electrons. The van der Waals surface area contributed by atoms with E-state index in [-0.39, 0.29) is 17.9 Å². The van der Waals surface area contributed by atoms with Gasteiger partial charge in [-0.1, -0.05) is 6.07 Å². The van der Waals surface area contributed by atoms with Crippen molar-refractivity contribution in [2.24, 2.45) is 5.92 Å². The van der Waals surface area contributed by atoms with Gasteiger partial charge in [0.1, 0.15) is 23.8 Å². The Hall–Kier alpha value is -2.18. The van der Waals surface area contributed by atoms with Gasteiger partial charge >= 0.3 is 0 Å². The number of amides is 1. The first-order chi connectivity index (χ1) is 11.2. The number of carbonyl (C=O) groups excluding carboxylic acids is 1. The highest BCUT2D eigenvalue weighted by molar-refractivity contribution is 5.95. The van der Waals surface area contributed by atoms with Crippen molar-refractivity contribution >= 4 is 22.5 Å². The van der Waals surface area contributed by atoms with Crippen molar-refractivity contribution < 1.29 is 19.4 Å². The number of benzene rings is 1. The Labute approximate surface area is 133 Å². The van der Waals surface area contributed by atoms with Gasteiger partial charge in [-0.2, -0.15) is 0 Å². The highest BCUT2D eigenvalue weighted by atomic mass is 16.6. The highest BCUT2D eigenvalue weighted by Crippen LogP contribution is 2.30. The van der Waals surface area contributed by atoms with E-state index in [9.17, 15) is 9.90 Å². The standard InChI is InChI=1S/C17H18N2O4/c20-14-8-22-9-15(14)23-13-4-3-11-6-16(18-7-12(11)5-13)19-17(21)10-1-2-10/h3-7,10,14-15,20H,1-2,8-9H2,(H,18,19,21)/t14-,15+/m1/s1. The lowest BCUT2D eigenvalue weighted by Crippen LogP contribution is -2.29. The summed E-state index contributed by atoms with van der Waals surface area (Å²) in [7, 11) is 0. The van der Waals surface area contributed by atoms with Crippen molar-refractivity contribution in [3.8, 4) is 5.75 Å². The maximum absolute atomic E-state index is 11.8. The van der Waals surface area contributed by atoms with Gasteiger partial charge in [0, 0.05) is 17.5 Å². The fourth-order valence-corrected chi connectivity index (χ4v) is 2.65. The van der Waals surface area contributed by atoms with Crippen molar-refractivity contribution in [1.29, 1.82) is 0 Å². The number of nitrogens with zero attached hydrogens (tertiary/aromatic N) is 1. The summed E-state index contributed by atoms with van der Waals surface area (Å²) in [4.78, 5) is 16.1. The quantitative estimate of drug-likeness (QED) is 0.898. The molecule has 1 saturated carbocycles. The molecule has 6 heteroatoms. The van der Waals surface area contributed by atoms with Gasteiger partial charge in [0.05, 0.1) is 13.2 Å². The Morgan fingerprint density at radius 2 is 2.13 bits per heavy atom. The molecule has 0 spiro atoms. The van der Waals surface area contributed by atoms with Gasteiger partial charge < -0.3 is 19.9 Å². The molecule has 2 heterocycles. The smallest absolute Gasteiger partial charge is 0.228 e. The number of anilines is 1. The summed E-state index contributed by atoms with van der Waals surface area (Å²) >= 11 is 0. The molecule has 2 aromatic rings. The van der Waals surface area contributed by atoms with Crippen molar-refractivity contribution in [3.05, 3.63) is 30.5 Å². The lowest BCUT2D eigenvalue weighted by atomic mass is 10.1.